The topological polar surface area (TPSA) is 42.0 Å². The lowest BCUT2D eigenvalue weighted by Gasteiger charge is -2.07. The zero-order valence-corrected chi connectivity index (χ0v) is 12.9. The fourth-order valence-corrected chi connectivity index (χ4v) is 2.61. The molecule has 0 fully saturated rings. The first-order chi connectivity index (χ1) is 8.56. The highest BCUT2D eigenvalue weighted by Crippen LogP contribution is 2.26. The van der Waals surface area contributed by atoms with Crippen molar-refractivity contribution in [1.82, 2.24) is 4.98 Å². The molecule has 0 bridgehead atoms. The SMILES string of the molecule is O=C(Nc1ccc(Br)cc1Br)c1cc(Cl)ccn1. The van der Waals surface area contributed by atoms with Crippen molar-refractivity contribution in [2.24, 2.45) is 0 Å². The lowest BCUT2D eigenvalue weighted by Crippen LogP contribution is -2.13. The van der Waals surface area contributed by atoms with Crippen LogP contribution in [0.4, 0.5) is 5.69 Å². The van der Waals surface area contributed by atoms with Crippen LogP contribution in [0.3, 0.4) is 0 Å². The minimum absolute atomic E-state index is 0.275. The number of hydrogen-bond donors (Lipinski definition) is 1. The van der Waals surface area contributed by atoms with Crippen LogP contribution in [0.5, 0.6) is 0 Å². The Morgan fingerprint density at radius 2 is 2.00 bits per heavy atom. The maximum Gasteiger partial charge on any atom is 0.274 e. The van der Waals surface area contributed by atoms with Crippen molar-refractivity contribution in [1.29, 1.82) is 0 Å². The summed E-state index contributed by atoms with van der Waals surface area (Å²) in [4.78, 5) is 15.9. The Morgan fingerprint density at radius 1 is 1.22 bits per heavy atom. The highest BCUT2D eigenvalue weighted by molar-refractivity contribution is 9.11. The van der Waals surface area contributed by atoms with Crippen molar-refractivity contribution >= 4 is 55.1 Å². The molecule has 0 aliphatic heterocycles. The third-order valence-electron chi connectivity index (χ3n) is 2.13. The molecule has 0 atom stereocenters. The second kappa shape index (κ2) is 5.82. The summed E-state index contributed by atoms with van der Waals surface area (Å²) in [5, 5.41) is 3.23. The Labute approximate surface area is 126 Å². The van der Waals surface area contributed by atoms with E-state index in [1.807, 2.05) is 12.1 Å². The van der Waals surface area contributed by atoms with Crippen molar-refractivity contribution in [2.75, 3.05) is 5.32 Å². The van der Waals surface area contributed by atoms with Crippen molar-refractivity contribution in [3.05, 3.63) is 56.2 Å². The van der Waals surface area contributed by atoms with Crippen LogP contribution in [0, 0.1) is 0 Å². The first-order valence-electron chi connectivity index (χ1n) is 4.94. The first kappa shape index (κ1) is 13.5. The summed E-state index contributed by atoms with van der Waals surface area (Å²) in [6, 6.07) is 8.61. The van der Waals surface area contributed by atoms with Crippen LogP contribution in [0.1, 0.15) is 10.5 Å². The zero-order chi connectivity index (χ0) is 13.1. The van der Waals surface area contributed by atoms with Crippen molar-refractivity contribution < 1.29 is 4.79 Å². The molecule has 92 valence electrons. The molecule has 6 heteroatoms. The highest BCUT2D eigenvalue weighted by atomic mass is 79.9. The van der Waals surface area contributed by atoms with Crippen molar-refractivity contribution in [3.8, 4) is 0 Å². The second-order valence-corrected chi connectivity index (χ2v) is 5.64. The maximum atomic E-state index is 11.9. The molecule has 3 nitrogen and oxygen atoms in total. The molecule has 2 aromatic rings. The molecular weight excluding hydrogens is 383 g/mol. The summed E-state index contributed by atoms with van der Waals surface area (Å²) in [6.07, 6.45) is 1.49. The number of anilines is 1. The molecule has 0 spiro atoms. The molecular formula is C12H7Br2ClN2O. The van der Waals surface area contributed by atoms with Gasteiger partial charge in [0.1, 0.15) is 5.69 Å². The monoisotopic (exact) mass is 388 g/mol. The van der Waals surface area contributed by atoms with Crippen molar-refractivity contribution in [2.45, 2.75) is 0 Å². The number of halogens is 3. The number of rotatable bonds is 2. The van der Waals surface area contributed by atoms with Gasteiger partial charge < -0.3 is 5.32 Å². The van der Waals surface area contributed by atoms with Gasteiger partial charge in [-0.25, -0.2) is 0 Å². The number of nitrogens with zero attached hydrogens (tertiary/aromatic N) is 1. The number of nitrogens with one attached hydrogen (secondary N) is 1. The van der Waals surface area contributed by atoms with Crippen LogP contribution < -0.4 is 5.32 Å². The largest absolute Gasteiger partial charge is 0.320 e. The van der Waals surface area contributed by atoms with E-state index < -0.39 is 0 Å². The Hall–Kier alpha value is -0.910. The van der Waals surface area contributed by atoms with E-state index >= 15 is 0 Å². The predicted molar refractivity (Wildman–Crippen MR) is 79.0 cm³/mol. The standard InChI is InChI=1S/C12H7Br2ClN2O/c13-7-1-2-10(9(14)5-7)17-12(18)11-6-8(15)3-4-16-11/h1-6H,(H,17,18). The van der Waals surface area contributed by atoms with Gasteiger partial charge in [-0.1, -0.05) is 27.5 Å². The van der Waals surface area contributed by atoms with Gasteiger partial charge in [0.15, 0.2) is 0 Å². The predicted octanol–water partition coefficient (Wildman–Crippen LogP) is 4.51. The third kappa shape index (κ3) is 3.31. The van der Waals surface area contributed by atoms with Gasteiger partial charge in [-0.2, -0.15) is 0 Å². The van der Waals surface area contributed by atoms with Crippen LogP contribution in [0.2, 0.25) is 5.02 Å². The molecule has 1 amide bonds. The lowest BCUT2D eigenvalue weighted by atomic mass is 10.3. The summed E-state index contributed by atoms with van der Waals surface area (Å²) in [5.74, 6) is -0.305. The molecule has 1 N–H and O–H groups in total. The Balaban J connectivity index is 2.21. The van der Waals surface area contributed by atoms with Gasteiger partial charge in [-0.05, 0) is 46.3 Å². The highest BCUT2D eigenvalue weighted by Gasteiger charge is 2.10. The summed E-state index contributed by atoms with van der Waals surface area (Å²) in [7, 11) is 0. The van der Waals surface area contributed by atoms with Crippen LogP contribution in [0.15, 0.2) is 45.5 Å². The van der Waals surface area contributed by atoms with Gasteiger partial charge in [0.05, 0.1) is 5.69 Å². The fraction of sp³-hybridized carbons (Fsp3) is 0. The van der Waals surface area contributed by atoms with Gasteiger partial charge in [0.2, 0.25) is 0 Å². The minimum Gasteiger partial charge on any atom is -0.320 e. The van der Waals surface area contributed by atoms with Crippen LogP contribution >= 0.6 is 43.5 Å². The van der Waals surface area contributed by atoms with Crippen LogP contribution in [0.25, 0.3) is 0 Å². The minimum atomic E-state index is -0.305. The number of hydrogen-bond acceptors (Lipinski definition) is 2. The van der Waals surface area contributed by atoms with Crippen LogP contribution in [-0.2, 0) is 0 Å². The number of pyridine rings is 1. The number of amides is 1. The Morgan fingerprint density at radius 3 is 2.67 bits per heavy atom. The molecule has 0 aliphatic carbocycles. The summed E-state index contributed by atoms with van der Waals surface area (Å²) in [5.41, 5.74) is 0.947. The van der Waals surface area contributed by atoms with E-state index in [9.17, 15) is 4.79 Å². The summed E-state index contributed by atoms with van der Waals surface area (Å²) >= 11 is 12.5. The normalized spacial score (nSPS) is 10.2. The molecule has 0 radical (unpaired) electrons. The third-order valence-corrected chi connectivity index (χ3v) is 3.52. The average Bonchev–Trinajstić information content (AvgIpc) is 2.32. The molecule has 0 unspecified atom stereocenters. The van der Waals surface area contributed by atoms with Gasteiger partial charge in [-0.3, -0.25) is 9.78 Å². The van der Waals surface area contributed by atoms with Crippen LogP contribution in [-0.4, -0.2) is 10.9 Å². The lowest BCUT2D eigenvalue weighted by molar-refractivity contribution is 0.102. The molecule has 1 heterocycles. The van der Waals surface area contributed by atoms with Gasteiger partial charge in [-0.15, -0.1) is 0 Å². The van der Waals surface area contributed by atoms with E-state index in [1.54, 1.807) is 12.1 Å². The molecule has 2 rings (SSSR count). The number of benzene rings is 1. The second-order valence-electron chi connectivity index (χ2n) is 3.44. The van der Waals surface area contributed by atoms with E-state index in [4.69, 9.17) is 11.6 Å². The molecule has 0 saturated heterocycles. The summed E-state index contributed by atoms with van der Waals surface area (Å²) < 4.78 is 1.71. The van der Waals surface area contributed by atoms with E-state index in [-0.39, 0.29) is 11.6 Å². The van der Waals surface area contributed by atoms with Gasteiger partial charge >= 0.3 is 0 Å². The summed E-state index contributed by atoms with van der Waals surface area (Å²) in [6.45, 7) is 0. The molecule has 1 aromatic carbocycles. The molecule has 0 aliphatic rings. The van der Waals surface area contributed by atoms with E-state index in [0.29, 0.717) is 10.7 Å². The van der Waals surface area contributed by atoms with E-state index in [1.165, 1.54) is 12.3 Å². The zero-order valence-electron chi connectivity index (χ0n) is 8.95. The smallest absolute Gasteiger partial charge is 0.274 e. The Kier molecular flexibility index (Phi) is 4.37. The van der Waals surface area contributed by atoms with E-state index in [2.05, 4.69) is 42.2 Å². The average molecular weight is 390 g/mol. The molecule has 1 aromatic heterocycles. The maximum absolute atomic E-state index is 11.9. The Bertz CT molecular complexity index is 604. The quantitative estimate of drug-likeness (QED) is 0.820. The van der Waals surface area contributed by atoms with Gasteiger partial charge in [0.25, 0.3) is 5.91 Å². The van der Waals surface area contributed by atoms with E-state index in [0.717, 1.165) is 8.95 Å². The first-order valence-corrected chi connectivity index (χ1v) is 6.90. The number of carbonyl (C=O) groups is 1. The number of carbonyl (C=O) groups excluding carboxylic acids is 1. The molecule has 0 saturated carbocycles. The van der Waals surface area contributed by atoms with Crippen molar-refractivity contribution in [3.63, 3.8) is 0 Å². The molecule has 18 heavy (non-hydrogen) atoms. The number of aromatic nitrogens is 1. The van der Waals surface area contributed by atoms with Gasteiger partial charge in [0, 0.05) is 20.2 Å². The fourth-order valence-electron chi connectivity index (χ4n) is 1.31.